The number of nitrogens with zero attached hydrogens (tertiary/aromatic N) is 1. The lowest BCUT2D eigenvalue weighted by atomic mass is 10.2. The first-order chi connectivity index (χ1) is 10.6. The number of esters is 1. The van der Waals surface area contributed by atoms with Gasteiger partial charge in [-0.3, -0.25) is 4.79 Å². The summed E-state index contributed by atoms with van der Waals surface area (Å²) >= 11 is 0. The van der Waals surface area contributed by atoms with Gasteiger partial charge in [0.15, 0.2) is 12.8 Å². The molecule has 2 aromatic rings. The van der Waals surface area contributed by atoms with E-state index in [4.69, 9.17) is 4.74 Å². The minimum Gasteiger partial charge on any atom is -0.618 e. The smallest absolute Gasteiger partial charge is 0.405 e. The second kappa shape index (κ2) is 7.16. The van der Waals surface area contributed by atoms with E-state index in [1.807, 2.05) is 0 Å². The van der Waals surface area contributed by atoms with Crippen LogP contribution in [-0.4, -0.2) is 18.5 Å². The molecular weight excluding hydrogens is 291 g/mol. The van der Waals surface area contributed by atoms with Crippen LogP contribution >= 0.6 is 0 Å². The fourth-order valence-corrected chi connectivity index (χ4v) is 1.68. The van der Waals surface area contributed by atoms with Crippen LogP contribution in [0.25, 0.3) is 0 Å². The maximum atomic E-state index is 13.3. The third-order valence-electron chi connectivity index (χ3n) is 2.80. The summed E-state index contributed by atoms with van der Waals surface area (Å²) in [6.07, 6.45) is 1.15. The Morgan fingerprint density at radius 2 is 1.91 bits per heavy atom. The topological polar surface area (TPSA) is 82.3 Å². The SMILES string of the molecule is O=C(COC(=O)c1cccc[n+]1[O-])NCc1ccccc1F. The predicted molar refractivity (Wildman–Crippen MR) is 73.9 cm³/mol. The Bertz CT molecular complexity index is 691. The Kier molecular flexibility index (Phi) is 5.02. The minimum absolute atomic E-state index is 0.0179. The summed E-state index contributed by atoms with van der Waals surface area (Å²) in [6.45, 7) is -0.571. The largest absolute Gasteiger partial charge is 0.618 e. The Morgan fingerprint density at radius 3 is 2.64 bits per heavy atom. The Hall–Kier alpha value is -2.96. The summed E-state index contributed by atoms with van der Waals surface area (Å²) < 4.78 is 18.4. The van der Waals surface area contributed by atoms with E-state index in [1.54, 1.807) is 12.1 Å². The van der Waals surface area contributed by atoms with Crippen molar-refractivity contribution in [2.75, 3.05) is 6.61 Å². The van der Waals surface area contributed by atoms with Gasteiger partial charge in [-0.25, -0.2) is 9.18 Å². The molecular formula is C15H13FN2O4. The lowest BCUT2D eigenvalue weighted by Crippen LogP contribution is -2.36. The van der Waals surface area contributed by atoms with Crippen molar-refractivity contribution in [2.24, 2.45) is 0 Å². The number of carbonyl (C=O) groups excluding carboxylic acids is 2. The molecule has 6 nitrogen and oxygen atoms in total. The Balaban J connectivity index is 1.82. The molecule has 0 unspecified atom stereocenters. The van der Waals surface area contributed by atoms with E-state index in [-0.39, 0.29) is 12.2 Å². The molecule has 0 aliphatic heterocycles. The fraction of sp³-hybridized carbons (Fsp3) is 0.133. The van der Waals surface area contributed by atoms with E-state index in [0.29, 0.717) is 10.3 Å². The molecule has 1 N–H and O–H groups in total. The number of rotatable bonds is 5. The summed E-state index contributed by atoms with van der Waals surface area (Å²) in [7, 11) is 0. The van der Waals surface area contributed by atoms with Crippen LogP contribution in [-0.2, 0) is 16.1 Å². The van der Waals surface area contributed by atoms with Crippen molar-refractivity contribution in [3.63, 3.8) is 0 Å². The van der Waals surface area contributed by atoms with Gasteiger partial charge in [0.2, 0.25) is 0 Å². The zero-order valence-electron chi connectivity index (χ0n) is 11.5. The van der Waals surface area contributed by atoms with Crippen LogP contribution in [0.5, 0.6) is 0 Å². The number of hydrogen-bond donors (Lipinski definition) is 1. The van der Waals surface area contributed by atoms with Gasteiger partial charge >= 0.3 is 11.7 Å². The fourth-order valence-electron chi connectivity index (χ4n) is 1.68. The van der Waals surface area contributed by atoms with Gasteiger partial charge in [-0.15, -0.1) is 0 Å². The van der Waals surface area contributed by atoms with E-state index in [2.05, 4.69) is 5.32 Å². The highest BCUT2D eigenvalue weighted by atomic mass is 19.1. The molecule has 0 saturated heterocycles. The van der Waals surface area contributed by atoms with Crippen molar-refractivity contribution < 1.29 is 23.4 Å². The maximum absolute atomic E-state index is 13.3. The molecule has 0 radical (unpaired) electrons. The van der Waals surface area contributed by atoms with Gasteiger partial charge < -0.3 is 15.3 Å². The van der Waals surface area contributed by atoms with Crippen molar-refractivity contribution in [1.82, 2.24) is 5.32 Å². The first kappa shape index (κ1) is 15.4. The number of benzene rings is 1. The molecule has 0 atom stereocenters. The number of nitrogens with one attached hydrogen (secondary N) is 1. The Morgan fingerprint density at radius 1 is 1.18 bits per heavy atom. The van der Waals surface area contributed by atoms with Gasteiger partial charge in [0.25, 0.3) is 5.91 Å². The van der Waals surface area contributed by atoms with Gasteiger partial charge in [0.05, 0.1) is 0 Å². The molecule has 1 heterocycles. The number of ether oxygens (including phenoxy) is 1. The molecule has 2 rings (SSSR count). The zero-order chi connectivity index (χ0) is 15.9. The summed E-state index contributed by atoms with van der Waals surface area (Å²) in [6, 6.07) is 10.3. The highest BCUT2D eigenvalue weighted by Crippen LogP contribution is 2.05. The second-order valence-electron chi connectivity index (χ2n) is 4.36. The van der Waals surface area contributed by atoms with Gasteiger partial charge in [0.1, 0.15) is 5.82 Å². The molecule has 0 spiro atoms. The van der Waals surface area contributed by atoms with Crippen molar-refractivity contribution in [2.45, 2.75) is 6.54 Å². The van der Waals surface area contributed by atoms with Crippen molar-refractivity contribution in [3.8, 4) is 0 Å². The second-order valence-corrected chi connectivity index (χ2v) is 4.36. The number of pyridine rings is 1. The number of halogens is 1. The third-order valence-corrected chi connectivity index (χ3v) is 2.80. The van der Waals surface area contributed by atoms with Crippen LogP contribution in [0, 0.1) is 11.0 Å². The third kappa shape index (κ3) is 4.02. The van der Waals surface area contributed by atoms with Gasteiger partial charge in [0, 0.05) is 24.2 Å². The lowest BCUT2D eigenvalue weighted by molar-refractivity contribution is -0.608. The van der Waals surface area contributed by atoms with E-state index >= 15 is 0 Å². The zero-order valence-corrected chi connectivity index (χ0v) is 11.5. The average Bonchev–Trinajstić information content (AvgIpc) is 2.52. The van der Waals surface area contributed by atoms with Crippen molar-refractivity contribution in [1.29, 1.82) is 0 Å². The molecule has 1 amide bonds. The molecule has 22 heavy (non-hydrogen) atoms. The molecule has 1 aromatic heterocycles. The van der Waals surface area contributed by atoms with E-state index in [1.165, 1.54) is 30.3 Å². The van der Waals surface area contributed by atoms with Gasteiger partial charge in [-0.1, -0.05) is 18.2 Å². The number of aromatic nitrogens is 1. The number of carbonyl (C=O) groups is 2. The standard InChI is InChI=1S/C15H13FN2O4/c16-12-6-2-1-5-11(12)9-17-14(19)10-22-15(20)13-7-3-4-8-18(13)21/h1-8H,9-10H2,(H,17,19). The van der Waals surface area contributed by atoms with E-state index in [9.17, 15) is 19.2 Å². The predicted octanol–water partition coefficient (Wildman–Crippen LogP) is 0.932. The Labute approximate surface area is 125 Å². The summed E-state index contributed by atoms with van der Waals surface area (Å²) in [5.41, 5.74) is 0.104. The summed E-state index contributed by atoms with van der Waals surface area (Å²) in [5.74, 6) is -1.93. The molecule has 0 aliphatic rings. The summed E-state index contributed by atoms with van der Waals surface area (Å²) in [4.78, 5) is 23.2. The van der Waals surface area contributed by atoms with E-state index in [0.717, 1.165) is 6.20 Å². The van der Waals surface area contributed by atoms with Gasteiger partial charge in [-0.05, 0) is 12.1 Å². The summed E-state index contributed by atoms with van der Waals surface area (Å²) in [5, 5.41) is 13.7. The quantitative estimate of drug-likeness (QED) is 0.506. The molecule has 0 fully saturated rings. The van der Waals surface area contributed by atoms with Crippen LogP contribution in [0.1, 0.15) is 16.1 Å². The van der Waals surface area contributed by atoms with Crippen LogP contribution < -0.4 is 10.0 Å². The monoisotopic (exact) mass is 304 g/mol. The van der Waals surface area contributed by atoms with Crippen LogP contribution in [0.2, 0.25) is 0 Å². The van der Waals surface area contributed by atoms with Crippen molar-refractivity contribution >= 4 is 11.9 Å². The van der Waals surface area contributed by atoms with Crippen LogP contribution in [0.15, 0.2) is 48.7 Å². The molecule has 114 valence electrons. The number of amides is 1. The molecule has 0 bridgehead atoms. The molecule has 1 aromatic carbocycles. The molecule has 7 heteroatoms. The maximum Gasteiger partial charge on any atom is 0.405 e. The number of hydrogen-bond acceptors (Lipinski definition) is 4. The first-order valence-corrected chi connectivity index (χ1v) is 6.43. The van der Waals surface area contributed by atoms with Crippen LogP contribution in [0.4, 0.5) is 4.39 Å². The minimum atomic E-state index is -0.906. The highest BCUT2D eigenvalue weighted by Gasteiger charge is 2.18. The normalized spacial score (nSPS) is 10.0. The van der Waals surface area contributed by atoms with Gasteiger partial charge in [-0.2, -0.15) is 4.73 Å². The first-order valence-electron chi connectivity index (χ1n) is 6.43. The van der Waals surface area contributed by atoms with E-state index < -0.39 is 24.3 Å². The molecule has 0 saturated carbocycles. The lowest BCUT2D eigenvalue weighted by Gasteiger charge is -2.07. The van der Waals surface area contributed by atoms with Crippen molar-refractivity contribution in [3.05, 3.63) is 70.9 Å². The highest BCUT2D eigenvalue weighted by molar-refractivity contribution is 5.88. The average molecular weight is 304 g/mol. The molecule has 0 aliphatic carbocycles. The van der Waals surface area contributed by atoms with Crippen LogP contribution in [0.3, 0.4) is 0 Å².